The lowest BCUT2D eigenvalue weighted by atomic mass is 9.93. The van der Waals surface area contributed by atoms with E-state index in [2.05, 4.69) is 36.1 Å². The van der Waals surface area contributed by atoms with E-state index in [0.717, 1.165) is 64.9 Å². The number of hydrogen-bond acceptors (Lipinski definition) is 10. The molecular weight excluding hydrogens is 722 g/mol. The molecule has 56 heavy (non-hydrogen) atoms. The molecule has 2 fully saturated rings. The van der Waals surface area contributed by atoms with Crippen LogP contribution in [-0.4, -0.2) is 67.0 Å². The zero-order valence-corrected chi connectivity index (χ0v) is 31.0. The van der Waals surface area contributed by atoms with Gasteiger partial charge in [0.15, 0.2) is 11.4 Å². The summed E-state index contributed by atoms with van der Waals surface area (Å²) in [5.74, 6) is -2.02. The molecule has 2 aliphatic rings. The molecule has 2 N–H and O–H groups in total. The highest BCUT2D eigenvalue weighted by Crippen LogP contribution is 2.38. The Balaban J connectivity index is 1.10. The van der Waals surface area contributed by atoms with Gasteiger partial charge in [-0.15, -0.1) is 0 Å². The Morgan fingerprint density at radius 3 is 2.27 bits per heavy atom. The zero-order valence-electron chi connectivity index (χ0n) is 31.0. The number of likely N-dealkylation sites (tertiary alicyclic amines) is 2. The molecule has 2 aliphatic heterocycles. The second-order valence-corrected chi connectivity index (χ2v) is 14.7. The lowest BCUT2D eigenvalue weighted by Gasteiger charge is -2.30. The number of carboxylic acids is 1. The molecule has 0 saturated carbocycles. The van der Waals surface area contributed by atoms with E-state index in [1.165, 1.54) is 0 Å². The normalized spacial score (nSPS) is 15.8. The van der Waals surface area contributed by atoms with E-state index in [-0.39, 0.29) is 22.8 Å². The fourth-order valence-electron chi connectivity index (χ4n) is 7.89. The highest BCUT2D eigenvalue weighted by molar-refractivity contribution is 5.90. The molecule has 0 radical (unpaired) electrons. The van der Waals surface area contributed by atoms with E-state index in [0.29, 0.717) is 67.3 Å². The summed E-state index contributed by atoms with van der Waals surface area (Å²) in [7, 11) is 0. The first-order valence-corrected chi connectivity index (χ1v) is 18.7. The number of alkyl halides is 3. The topological polar surface area (TPSA) is 144 Å². The monoisotopic (exact) mass is 760 g/mol. The maximum absolute atomic E-state index is 14.1. The SMILES string of the molecule is Cc1c(Nc2nc(C(F)(F)F)nc3cc(CN4CCCC4)cnc23)cccc1-c1cccc(-c2nc3cc(CN4CCC(C(=O)O)CC4)cc(C#N)c3o2)c1C. The first-order valence-electron chi connectivity index (χ1n) is 18.7. The van der Waals surface area contributed by atoms with Crippen molar-refractivity contribution in [2.24, 2.45) is 5.92 Å². The number of aromatic nitrogens is 4. The quantitative estimate of drug-likeness (QED) is 0.146. The van der Waals surface area contributed by atoms with Crippen LogP contribution in [0.25, 0.3) is 44.7 Å². The molecule has 0 aliphatic carbocycles. The molecule has 0 amide bonds. The highest BCUT2D eigenvalue weighted by Gasteiger charge is 2.36. The Kier molecular flexibility index (Phi) is 9.90. The number of carboxylic acid groups (broad SMARTS) is 1. The number of anilines is 2. The summed E-state index contributed by atoms with van der Waals surface area (Å²) in [5, 5.41) is 22.6. The Labute approximate surface area is 320 Å². The second-order valence-electron chi connectivity index (χ2n) is 14.7. The minimum absolute atomic E-state index is 0.0374. The van der Waals surface area contributed by atoms with Gasteiger partial charge in [0.25, 0.3) is 0 Å². The summed E-state index contributed by atoms with van der Waals surface area (Å²) in [6.07, 6.45) is 0.277. The van der Waals surface area contributed by atoms with Crippen molar-refractivity contribution < 1.29 is 27.5 Å². The van der Waals surface area contributed by atoms with E-state index in [9.17, 15) is 28.3 Å². The third-order valence-electron chi connectivity index (χ3n) is 10.9. The number of piperidine rings is 1. The zero-order chi connectivity index (χ0) is 39.1. The van der Waals surface area contributed by atoms with Crippen molar-refractivity contribution in [3.8, 4) is 28.7 Å². The summed E-state index contributed by atoms with van der Waals surface area (Å²) in [6, 6.07) is 18.9. The summed E-state index contributed by atoms with van der Waals surface area (Å²) in [4.78, 5) is 33.0. The van der Waals surface area contributed by atoms with Crippen molar-refractivity contribution >= 4 is 39.6 Å². The summed E-state index contributed by atoms with van der Waals surface area (Å²) >= 11 is 0. The Morgan fingerprint density at radius 2 is 1.55 bits per heavy atom. The molecule has 6 aromatic rings. The van der Waals surface area contributed by atoms with Crippen molar-refractivity contribution in [3.05, 3.63) is 94.4 Å². The van der Waals surface area contributed by atoms with Crippen molar-refractivity contribution in [2.45, 2.75) is 58.8 Å². The first-order chi connectivity index (χ1) is 26.9. The minimum atomic E-state index is -4.76. The van der Waals surface area contributed by atoms with Gasteiger partial charge in [-0.3, -0.25) is 19.6 Å². The van der Waals surface area contributed by atoms with Gasteiger partial charge < -0.3 is 14.8 Å². The fraction of sp³-hybridized carbons (Fsp3) is 0.333. The van der Waals surface area contributed by atoms with E-state index in [4.69, 9.17) is 9.40 Å². The first kappa shape index (κ1) is 37.0. The number of pyridine rings is 1. The standard InChI is InChI=1S/C42H39F3N8O3/c1-24-30(7-5-9-32(24)39-49-35-18-26(17-29(20-46)37(35)56-39)22-53-15-11-28(12-16-53)40(54)55)31-8-6-10-33(25(31)2)48-38-36-34(50-41(51-38)42(43,44)45)19-27(21-47-36)23-52-13-3-4-14-52/h5-10,17-19,21,28H,3-4,11-16,22-23H2,1-2H3,(H,54,55)(H,48,50,51). The molecule has 8 rings (SSSR count). The van der Waals surface area contributed by atoms with Crippen LogP contribution >= 0.6 is 0 Å². The summed E-state index contributed by atoms with van der Waals surface area (Å²) < 4.78 is 48.5. The van der Waals surface area contributed by atoms with E-state index < -0.39 is 18.0 Å². The van der Waals surface area contributed by atoms with E-state index >= 15 is 0 Å². The minimum Gasteiger partial charge on any atom is -0.481 e. The molecule has 2 saturated heterocycles. The number of benzene rings is 3. The number of oxazole rings is 1. The van der Waals surface area contributed by atoms with Crippen LogP contribution in [0.1, 0.15) is 59.3 Å². The largest absolute Gasteiger partial charge is 0.481 e. The van der Waals surface area contributed by atoms with Crippen LogP contribution in [0.5, 0.6) is 0 Å². The van der Waals surface area contributed by atoms with Gasteiger partial charge in [0.1, 0.15) is 17.1 Å². The molecule has 286 valence electrons. The third-order valence-corrected chi connectivity index (χ3v) is 10.9. The number of nitriles is 1. The third kappa shape index (κ3) is 7.39. The molecule has 14 heteroatoms. The van der Waals surface area contributed by atoms with Gasteiger partial charge in [-0.25, -0.2) is 15.0 Å². The predicted molar refractivity (Wildman–Crippen MR) is 205 cm³/mol. The Hall–Kier alpha value is -5.91. The summed E-state index contributed by atoms with van der Waals surface area (Å²) in [6.45, 7) is 8.20. The molecular formula is C42H39F3N8O3. The number of hydrogen-bond donors (Lipinski definition) is 2. The van der Waals surface area contributed by atoms with Crippen LogP contribution in [0.2, 0.25) is 0 Å². The van der Waals surface area contributed by atoms with Crippen LogP contribution in [0.15, 0.2) is 65.2 Å². The van der Waals surface area contributed by atoms with Gasteiger partial charge in [-0.2, -0.15) is 18.4 Å². The van der Waals surface area contributed by atoms with Gasteiger partial charge in [-0.1, -0.05) is 24.3 Å². The molecule has 5 heterocycles. The lowest BCUT2D eigenvalue weighted by molar-refractivity contribution is -0.145. The number of nitrogens with one attached hydrogen (secondary N) is 1. The maximum atomic E-state index is 14.1. The highest BCUT2D eigenvalue weighted by atomic mass is 19.4. The number of halogens is 3. The summed E-state index contributed by atoms with van der Waals surface area (Å²) in [5.41, 5.74) is 7.97. The van der Waals surface area contributed by atoms with Crippen LogP contribution < -0.4 is 5.32 Å². The number of fused-ring (bicyclic) bond motifs is 2. The maximum Gasteiger partial charge on any atom is 0.451 e. The van der Waals surface area contributed by atoms with Crippen LogP contribution in [-0.2, 0) is 24.1 Å². The molecule has 0 spiro atoms. The van der Waals surface area contributed by atoms with Gasteiger partial charge >= 0.3 is 12.1 Å². The molecule has 3 aromatic carbocycles. The van der Waals surface area contributed by atoms with Gasteiger partial charge in [0.2, 0.25) is 11.7 Å². The molecule has 11 nitrogen and oxygen atoms in total. The van der Waals surface area contributed by atoms with Gasteiger partial charge in [0.05, 0.1) is 17.0 Å². The predicted octanol–water partition coefficient (Wildman–Crippen LogP) is 8.64. The Morgan fingerprint density at radius 1 is 0.893 bits per heavy atom. The van der Waals surface area contributed by atoms with Crippen molar-refractivity contribution in [1.29, 1.82) is 5.26 Å². The lowest BCUT2D eigenvalue weighted by Crippen LogP contribution is -2.35. The van der Waals surface area contributed by atoms with Gasteiger partial charge in [0, 0.05) is 30.5 Å². The average molecular weight is 761 g/mol. The van der Waals surface area contributed by atoms with E-state index in [1.54, 1.807) is 24.4 Å². The van der Waals surface area contributed by atoms with Crippen LogP contribution in [0, 0.1) is 31.1 Å². The van der Waals surface area contributed by atoms with Crippen LogP contribution in [0.4, 0.5) is 24.7 Å². The molecule has 0 unspecified atom stereocenters. The number of nitrogens with zero attached hydrogens (tertiary/aromatic N) is 7. The molecule has 3 aromatic heterocycles. The van der Waals surface area contributed by atoms with Gasteiger partial charge in [-0.05, 0) is 129 Å². The van der Waals surface area contributed by atoms with Crippen molar-refractivity contribution in [3.63, 3.8) is 0 Å². The van der Waals surface area contributed by atoms with Crippen molar-refractivity contribution in [1.82, 2.24) is 29.7 Å². The number of carbonyl (C=O) groups is 1. The van der Waals surface area contributed by atoms with Crippen LogP contribution in [0.3, 0.4) is 0 Å². The fourth-order valence-corrected chi connectivity index (χ4v) is 7.89. The second kappa shape index (κ2) is 15.0. The molecule has 0 bridgehead atoms. The number of aliphatic carboxylic acids is 1. The average Bonchev–Trinajstić information content (AvgIpc) is 3.85. The smallest absolute Gasteiger partial charge is 0.451 e. The Bertz CT molecular complexity index is 2510. The van der Waals surface area contributed by atoms with Crippen molar-refractivity contribution in [2.75, 3.05) is 31.5 Å². The van der Waals surface area contributed by atoms with E-state index in [1.807, 2.05) is 50.2 Å². The number of rotatable bonds is 9. The molecule has 0 atom stereocenters.